The van der Waals surface area contributed by atoms with E-state index in [1.807, 2.05) is 18.2 Å². The monoisotopic (exact) mass is 499 g/mol. The number of aliphatic imine (C=N–C) groups is 1. The number of alkyl halides is 1. The molecule has 0 saturated carbocycles. The van der Waals surface area contributed by atoms with Gasteiger partial charge in [0.05, 0.1) is 12.1 Å². The standard InChI is InChI=1S/C28H42FN5O2/c1-3-5-6-7-8-9-17-31-28-33-20-25(27(36)32-19-22-13-15-24(29)16-14-22)26(34-28)30-18-10-12-23(21-35)11-4-2/h4-5,13-15,23-24,30,35H,1-2,6-12,16-21H2,(H,32,36)(H2,31,33,34). The van der Waals surface area contributed by atoms with Gasteiger partial charge in [-0.15, -0.1) is 12.3 Å². The molecule has 36 heavy (non-hydrogen) atoms. The Labute approximate surface area is 215 Å². The lowest BCUT2D eigenvalue weighted by molar-refractivity contribution is -0.117. The predicted molar refractivity (Wildman–Crippen MR) is 145 cm³/mol. The van der Waals surface area contributed by atoms with Gasteiger partial charge in [-0.25, -0.2) is 9.38 Å². The van der Waals surface area contributed by atoms with Gasteiger partial charge < -0.3 is 26.4 Å². The van der Waals surface area contributed by atoms with E-state index >= 15 is 0 Å². The molecule has 5 N–H and O–H groups in total. The first-order chi connectivity index (χ1) is 17.6. The third kappa shape index (κ3) is 11.1. The van der Waals surface area contributed by atoms with Crippen molar-refractivity contribution in [2.45, 2.75) is 57.5 Å². The number of unbranched alkanes of at least 4 members (excludes halogenated alkanes) is 3. The number of carbonyl (C=O) groups is 1. The molecular weight excluding hydrogens is 457 g/mol. The Kier molecular flexibility index (Phi) is 14.1. The zero-order valence-corrected chi connectivity index (χ0v) is 21.3. The second-order valence-electron chi connectivity index (χ2n) is 9.04. The van der Waals surface area contributed by atoms with Crippen molar-refractivity contribution in [3.05, 3.63) is 66.2 Å². The van der Waals surface area contributed by atoms with Gasteiger partial charge >= 0.3 is 0 Å². The molecule has 1 amide bonds. The van der Waals surface area contributed by atoms with Crippen LogP contribution in [0.2, 0.25) is 0 Å². The molecule has 0 spiro atoms. The van der Waals surface area contributed by atoms with E-state index < -0.39 is 6.17 Å². The quantitative estimate of drug-likeness (QED) is 0.120. The summed E-state index contributed by atoms with van der Waals surface area (Å²) < 4.78 is 13.3. The smallest absolute Gasteiger partial charge is 0.253 e. The van der Waals surface area contributed by atoms with Crippen molar-refractivity contribution in [2.75, 3.05) is 32.8 Å². The van der Waals surface area contributed by atoms with Gasteiger partial charge in [0.1, 0.15) is 12.0 Å². The van der Waals surface area contributed by atoms with Gasteiger partial charge in [-0.2, -0.15) is 0 Å². The van der Waals surface area contributed by atoms with Crippen LogP contribution < -0.4 is 21.3 Å². The Morgan fingerprint density at radius 2 is 2.14 bits per heavy atom. The molecule has 8 heteroatoms. The number of guanidine groups is 1. The summed E-state index contributed by atoms with van der Waals surface area (Å²) in [6.45, 7) is 9.50. The molecule has 0 radical (unpaired) electrons. The van der Waals surface area contributed by atoms with Crippen LogP contribution in [0.1, 0.15) is 51.4 Å². The number of carbonyl (C=O) groups excluding carboxylic acids is 1. The van der Waals surface area contributed by atoms with E-state index in [9.17, 15) is 14.3 Å². The summed E-state index contributed by atoms with van der Waals surface area (Å²) in [4.78, 5) is 17.5. The minimum Gasteiger partial charge on any atom is -0.396 e. The van der Waals surface area contributed by atoms with Crippen LogP contribution in [0.5, 0.6) is 0 Å². The number of nitrogens with zero attached hydrogens (tertiary/aromatic N) is 1. The molecule has 0 aromatic rings. The predicted octanol–water partition coefficient (Wildman–Crippen LogP) is 3.54. The van der Waals surface area contributed by atoms with Crippen molar-refractivity contribution in [1.82, 2.24) is 21.3 Å². The fraction of sp³-hybridized carbons (Fsp3) is 0.536. The number of allylic oxidation sites excluding steroid dienone is 4. The largest absolute Gasteiger partial charge is 0.396 e. The van der Waals surface area contributed by atoms with Crippen molar-refractivity contribution in [3.63, 3.8) is 0 Å². The van der Waals surface area contributed by atoms with Crippen LogP contribution in [0.15, 0.2) is 71.2 Å². The van der Waals surface area contributed by atoms with Crippen LogP contribution in [0.4, 0.5) is 4.39 Å². The number of aliphatic hydroxyl groups is 1. The fourth-order valence-electron chi connectivity index (χ4n) is 3.95. The third-order valence-corrected chi connectivity index (χ3v) is 6.10. The zero-order chi connectivity index (χ0) is 26.0. The van der Waals surface area contributed by atoms with Crippen LogP contribution in [-0.2, 0) is 4.79 Å². The molecular formula is C28H42FN5O2. The molecule has 198 valence electrons. The lowest BCUT2D eigenvalue weighted by Crippen LogP contribution is -2.46. The lowest BCUT2D eigenvalue weighted by atomic mass is 10.0. The number of nitrogens with one attached hydrogen (secondary N) is 4. The minimum atomic E-state index is -0.952. The number of aliphatic hydroxyl groups excluding tert-OH is 1. The van der Waals surface area contributed by atoms with Gasteiger partial charge in [-0.1, -0.05) is 37.3 Å². The molecule has 0 saturated heterocycles. The molecule has 0 bridgehead atoms. The molecule has 1 heterocycles. The number of hydrogen-bond acceptors (Lipinski definition) is 6. The summed E-state index contributed by atoms with van der Waals surface area (Å²) in [6, 6.07) is 0. The molecule has 0 aromatic carbocycles. The van der Waals surface area contributed by atoms with Crippen molar-refractivity contribution in [3.8, 4) is 0 Å². The number of hydrogen-bond donors (Lipinski definition) is 5. The minimum absolute atomic E-state index is 0.138. The first-order valence-electron chi connectivity index (χ1n) is 12.9. The Bertz CT molecular complexity index is 886. The number of amides is 1. The number of rotatable bonds is 17. The SMILES string of the molecule is C=C=CCCCCCNC1=NCC(C(=O)NCC2=CCC(F)C=C2)=C(NCCCC(CO)CC=C)N1. The zero-order valence-electron chi connectivity index (χ0n) is 21.3. The van der Waals surface area contributed by atoms with Gasteiger partial charge in [0.2, 0.25) is 0 Å². The molecule has 0 fully saturated rings. The van der Waals surface area contributed by atoms with E-state index in [0.717, 1.165) is 57.1 Å². The van der Waals surface area contributed by atoms with E-state index in [-0.39, 0.29) is 25.0 Å². The second kappa shape index (κ2) is 17.4. The Balaban J connectivity index is 1.90. The van der Waals surface area contributed by atoms with Gasteiger partial charge in [-0.05, 0) is 56.1 Å². The van der Waals surface area contributed by atoms with Gasteiger partial charge in [0.15, 0.2) is 5.96 Å². The first kappa shape index (κ1) is 29.1. The van der Waals surface area contributed by atoms with E-state index in [0.29, 0.717) is 36.9 Å². The summed E-state index contributed by atoms with van der Waals surface area (Å²) >= 11 is 0. The molecule has 1 aliphatic carbocycles. The van der Waals surface area contributed by atoms with Crippen LogP contribution in [0, 0.1) is 5.92 Å². The van der Waals surface area contributed by atoms with E-state index in [4.69, 9.17) is 0 Å². The Morgan fingerprint density at radius 3 is 2.86 bits per heavy atom. The summed E-state index contributed by atoms with van der Waals surface area (Å²) in [5, 5.41) is 22.3. The van der Waals surface area contributed by atoms with Gasteiger partial charge in [0.25, 0.3) is 5.91 Å². The molecule has 1 aliphatic heterocycles. The van der Waals surface area contributed by atoms with Crippen LogP contribution in [0.25, 0.3) is 0 Å². The highest BCUT2D eigenvalue weighted by atomic mass is 19.1. The van der Waals surface area contributed by atoms with Crippen molar-refractivity contribution in [1.29, 1.82) is 0 Å². The van der Waals surface area contributed by atoms with Crippen LogP contribution in [-0.4, -0.2) is 55.9 Å². The van der Waals surface area contributed by atoms with E-state index in [2.05, 4.69) is 45.1 Å². The molecule has 7 nitrogen and oxygen atoms in total. The van der Waals surface area contributed by atoms with Crippen LogP contribution >= 0.6 is 0 Å². The summed E-state index contributed by atoms with van der Waals surface area (Å²) in [5.41, 5.74) is 4.22. The maximum Gasteiger partial charge on any atom is 0.253 e. The summed E-state index contributed by atoms with van der Waals surface area (Å²) in [5.74, 6) is 1.27. The van der Waals surface area contributed by atoms with Gasteiger partial charge in [0, 0.05) is 32.7 Å². The van der Waals surface area contributed by atoms with E-state index in [1.54, 1.807) is 6.08 Å². The normalized spacial score (nSPS) is 17.8. The highest BCUT2D eigenvalue weighted by Crippen LogP contribution is 2.14. The molecule has 2 atom stereocenters. The van der Waals surface area contributed by atoms with Crippen molar-refractivity contribution in [2.24, 2.45) is 10.9 Å². The van der Waals surface area contributed by atoms with Crippen molar-refractivity contribution >= 4 is 11.9 Å². The van der Waals surface area contributed by atoms with Crippen LogP contribution in [0.3, 0.4) is 0 Å². The Hall–Kier alpha value is -3.09. The summed E-state index contributed by atoms with van der Waals surface area (Å²) in [7, 11) is 0. The molecule has 2 aliphatic rings. The maximum atomic E-state index is 13.3. The average Bonchev–Trinajstić information content (AvgIpc) is 2.89. The summed E-state index contributed by atoms with van der Waals surface area (Å²) in [6.07, 6.45) is 14.9. The lowest BCUT2D eigenvalue weighted by Gasteiger charge is -2.24. The molecule has 2 rings (SSSR count). The van der Waals surface area contributed by atoms with E-state index in [1.165, 1.54) is 6.08 Å². The third-order valence-electron chi connectivity index (χ3n) is 6.10. The number of halogens is 1. The highest BCUT2D eigenvalue weighted by molar-refractivity contribution is 5.97. The highest BCUT2D eigenvalue weighted by Gasteiger charge is 2.21. The average molecular weight is 500 g/mol. The fourth-order valence-corrected chi connectivity index (χ4v) is 3.95. The van der Waals surface area contributed by atoms with Crippen molar-refractivity contribution < 1.29 is 14.3 Å². The first-order valence-corrected chi connectivity index (χ1v) is 12.9. The maximum absolute atomic E-state index is 13.3. The second-order valence-corrected chi connectivity index (χ2v) is 9.04. The molecule has 0 aromatic heterocycles. The Morgan fingerprint density at radius 1 is 1.31 bits per heavy atom. The van der Waals surface area contributed by atoms with Gasteiger partial charge in [-0.3, -0.25) is 4.79 Å². The topological polar surface area (TPSA) is 97.8 Å². The molecule has 2 unspecified atom stereocenters.